The van der Waals surface area contributed by atoms with Crippen molar-refractivity contribution in [1.29, 1.82) is 0 Å². The van der Waals surface area contributed by atoms with E-state index in [0.717, 1.165) is 0 Å². The maximum absolute atomic E-state index is 14.0. The number of hydrogen-bond acceptors (Lipinski definition) is 3. The van der Waals surface area contributed by atoms with Gasteiger partial charge in [0.2, 0.25) is 6.17 Å². The molecule has 0 amide bonds. The molecule has 0 bridgehead atoms. The van der Waals surface area contributed by atoms with E-state index in [2.05, 4.69) is 4.74 Å². The van der Waals surface area contributed by atoms with Crippen molar-refractivity contribution < 1.29 is 19.0 Å². The van der Waals surface area contributed by atoms with Crippen molar-refractivity contribution >= 4 is 5.97 Å². The van der Waals surface area contributed by atoms with Crippen molar-refractivity contribution in [1.82, 2.24) is 0 Å². The number of halogens is 1. The lowest BCUT2D eigenvalue weighted by atomic mass is 9.81. The lowest BCUT2D eigenvalue weighted by Crippen LogP contribution is -2.47. The summed E-state index contributed by atoms with van der Waals surface area (Å²) >= 11 is 0. The van der Waals surface area contributed by atoms with Crippen LogP contribution in [-0.4, -0.2) is 29.5 Å². The molecule has 1 atom stereocenters. The molecular formula is C13H25FO3. The minimum absolute atomic E-state index is 0.117. The third-order valence-corrected chi connectivity index (χ3v) is 2.49. The highest BCUT2D eigenvalue weighted by molar-refractivity contribution is 5.76. The Morgan fingerprint density at radius 3 is 1.94 bits per heavy atom. The summed E-state index contributed by atoms with van der Waals surface area (Å²) < 4.78 is 18.7. The molecule has 3 nitrogen and oxygen atoms in total. The molecule has 0 aliphatic rings. The van der Waals surface area contributed by atoms with Gasteiger partial charge in [0.1, 0.15) is 5.60 Å². The van der Waals surface area contributed by atoms with Gasteiger partial charge in [0, 0.05) is 0 Å². The zero-order valence-corrected chi connectivity index (χ0v) is 11.5. The number of aliphatic hydroxyl groups is 1. The predicted octanol–water partition coefficient (Wildman–Crippen LogP) is 2.71. The molecule has 0 aliphatic carbocycles. The van der Waals surface area contributed by atoms with Crippen LogP contribution in [0.2, 0.25) is 0 Å². The summed E-state index contributed by atoms with van der Waals surface area (Å²) in [6.45, 7) is 9.31. The van der Waals surface area contributed by atoms with Crippen molar-refractivity contribution in [3.05, 3.63) is 0 Å². The molecule has 0 radical (unpaired) electrons. The minimum atomic E-state index is -1.97. The van der Waals surface area contributed by atoms with E-state index in [-0.39, 0.29) is 31.3 Å². The van der Waals surface area contributed by atoms with E-state index in [4.69, 9.17) is 0 Å². The van der Waals surface area contributed by atoms with E-state index in [9.17, 15) is 14.3 Å². The fraction of sp³-hybridized carbons (Fsp3) is 0.923. The zero-order chi connectivity index (χ0) is 13.6. The fourth-order valence-electron chi connectivity index (χ4n) is 2.14. The van der Waals surface area contributed by atoms with Gasteiger partial charge in [-0.25, -0.2) is 9.18 Å². The van der Waals surface area contributed by atoms with Crippen LogP contribution in [0.1, 0.15) is 47.5 Å². The van der Waals surface area contributed by atoms with Gasteiger partial charge in [-0.2, -0.15) is 0 Å². The van der Waals surface area contributed by atoms with Crippen molar-refractivity contribution in [2.75, 3.05) is 6.61 Å². The topological polar surface area (TPSA) is 46.5 Å². The highest BCUT2D eigenvalue weighted by Crippen LogP contribution is 2.30. The SMILES string of the molecule is CCOC(=O)C(F)C(O)(CC(C)C)CC(C)C. The van der Waals surface area contributed by atoms with Crippen LogP contribution in [0.5, 0.6) is 0 Å². The van der Waals surface area contributed by atoms with Gasteiger partial charge in [-0.05, 0) is 31.6 Å². The first-order chi connectivity index (χ1) is 7.73. The van der Waals surface area contributed by atoms with E-state index in [0.29, 0.717) is 0 Å². The Morgan fingerprint density at radius 2 is 1.65 bits per heavy atom. The third kappa shape index (κ3) is 5.48. The quantitative estimate of drug-likeness (QED) is 0.705. The molecule has 0 aliphatic heterocycles. The summed E-state index contributed by atoms with van der Waals surface area (Å²) in [5.74, 6) is -0.728. The van der Waals surface area contributed by atoms with Crippen molar-refractivity contribution in [2.24, 2.45) is 11.8 Å². The summed E-state index contributed by atoms with van der Waals surface area (Å²) in [5.41, 5.74) is -1.62. The molecule has 0 heterocycles. The molecule has 0 spiro atoms. The number of carbonyl (C=O) groups excluding carboxylic acids is 1. The minimum Gasteiger partial charge on any atom is -0.464 e. The summed E-state index contributed by atoms with van der Waals surface area (Å²) in [7, 11) is 0. The summed E-state index contributed by atoms with van der Waals surface area (Å²) in [5, 5.41) is 10.3. The number of esters is 1. The number of ether oxygens (including phenoxy) is 1. The predicted molar refractivity (Wildman–Crippen MR) is 65.4 cm³/mol. The largest absolute Gasteiger partial charge is 0.464 e. The Labute approximate surface area is 103 Å². The van der Waals surface area contributed by atoms with Crippen molar-refractivity contribution in [3.63, 3.8) is 0 Å². The molecular weight excluding hydrogens is 223 g/mol. The smallest absolute Gasteiger partial charge is 0.343 e. The Bertz CT molecular complexity index is 229. The van der Waals surface area contributed by atoms with Crippen molar-refractivity contribution in [3.8, 4) is 0 Å². The van der Waals surface area contributed by atoms with Crippen molar-refractivity contribution in [2.45, 2.75) is 59.2 Å². The average Bonchev–Trinajstić information content (AvgIpc) is 2.14. The number of hydrogen-bond donors (Lipinski definition) is 1. The molecule has 4 heteroatoms. The number of carbonyl (C=O) groups is 1. The van der Waals surface area contributed by atoms with E-state index in [1.165, 1.54) is 0 Å². The third-order valence-electron chi connectivity index (χ3n) is 2.49. The molecule has 1 unspecified atom stereocenters. The number of rotatable bonds is 7. The maximum atomic E-state index is 14.0. The van der Waals surface area contributed by atoms with E-state index >= 15 is 0 Å². The fourth-order valence-corrected chi connectivity index (χ4v) is 2.14. The highest BCUT2D eigenvalue weighted by Gasteiger charge is 2.43. The molecule has 1 N–H and O–H groups in total. The normalized spacial score (nSPS) is 14.2. The highest BCUT2D eigenvalue weighted by atomic mass is 19.1. The Kier molecular flexibility index (Phi) is 6.68. The van der Waals surface area contributed by atoms with Gasteiger partial charge in [0.25, 0.3) is 0 Å². The summed E-state index contributed by atoms with van der Waals surface area (Å²) in [6, 6.07) is 0. The monoisotopic (exact) mass is 248 g/mol. The van der Waals surface area contributed by atoms with Gasteiger partial charge in [0.15, 0.2) is 0 Å². The molecule has 0 aromatic rings. The van der Waals surface area contributed by atoms with Crippen LogP contribution >= 0.6 is 0 Å². The molecule has 0 fully saturated rings. The second kappa shape index (κ2) is 6.94. The second-order valence-corrected chi connectivity index (χ2v) is 5.41. The molecule has 0 aromatic heterocycles. The van der Waals surface area contributed by atoms with E-state index < -0.39 is 17.7 Å². The van der Waals surface area contributed by atoms with E-state index in [1.54, 1.807) is 6.92 Å². The summed E-state index contributed by atoms with van der Waals surface area (Å²) in [6.07, 6.45) is -1.46. The van der Waals surface area contributed by atoms with Gasteiger partial charge >= 0.3 is 5.97 Å². The Morgan fingerprint density at radius 1 is 1.24 bits per heavy atom. The van der Waals surface area contributed by atoms with Crippen LogP contribution in [0.3, 0.4) is 0 Å². The first kappa shape index (κ1) is 16.4. The van der Waals surface area contributed by atoms with Gasteiger partial charge in [-0.3, -0.25) is 0 Å². The van der Waals surface area contributed by atoms with Crippen LogP contribution in [-0.2, 0) is 9.53 Å². The van der Waals surface area contributed by atoms with Crippen LogP contribution in [0.4, 0.5) is 4.39 Å². The van der Waals surface area contributed by atoms with Crippen LogP contribution in [0, 0.1) is 11.8 Å². The molecule has 0 rings (SSSR count). The lowest BCUT2D eigenvalue weighted by molar-refractivity contribution is -0.163. The first-order valence-corrected chi connectivity index (χ1v) is 6.26. The van der Waals surface area contributed by atoms with Crippen LogP contribution in [0.15, 0.2) is 0 Å². The van der Waals surface area contributed by atoms with Gasteiger partial charge in [-0.1, -0.05) is 27.7 Å². The molecule has 17 heavy (non-hydrogen) atoms. The maximum Gasteiger partial charge on any atom is 0.343 e. The Hall–Kier alpha value is -0.640. The van der Waals surface area contributed by atoms with Crippen LogP contribution < -0.4 is 0 Å². The Balaban J connectivity index is 4.82. The van der Waals surface area contributed by atoms with Crippen LogP contribution in [0.25, 0.3) is 0 Å². The molecule has 0 saturated carbocycles. The lowest BCUT2D eigenvalue weighted by Gasteiger charge is -2.33. The first-order valence-electron chi connectivity index (χ1n) is 6.26. The zero-order valence-electron chi connectivity index (χ0n) is 11.5. The van der Waals surface area contributed by atoms with Gasteiger partial charge in [-0.15, -0.1) is 0 Å². The molecule has 0 saturated heterocycles. The van der Waals surface area contributed by atoms with E-state index in [1.807, 2.05) is 27.7 Å². The molecule has 0 aromatic carbocycles. The standard InChI is InChI=1S/C13H25FO3/c1-6-17-12(15)11(14)13(16,7-9(2)3)8-10(4)5/h9-11,16H,6-8H2,1-5H3. The average molecular weight is 248 g/mol. The second-order valence-electron chi connectivity index (χ2n) is 5.41. The molecule has 102 valence electrons. The van der Waals surface area contributed by atoms with Gasteiger partial charge in [0.05, 0.1) is 6.61 Å². The number of alkyl halides is 1. The summed E-state index contributed by atoms with van der Waals surface area (Å²) in [4.78, 5) is 11.4. The van der Waals surface area contributed by atoms with Gasteiger partial charge < -0.3 is 9.84 Å².